The Kier molecular flexibility index (Phi) is 4.92. The summed E-state index contributed by atoms with van der Waals surface area (Å²) in [4.78, 5) is 0. The second-order valence-electron chi connectivity index (χ2n) is 0.521. The quantitative estimate of drug-likeness (QED) is 0.429. The standard InChI is InChI=1S/C2F4.FH/c3-1(4)2(5)6;/h;1H. The highest BCUT2D eigenvalue weighted by Gasteiger charge is 1.98. The van der Waals surface area contributed by atoms with Gasteiger partial charge in [-0.05, 0) is 0 Å². The fourth-order valence-electron chi connectivity index (χ4n) is 0. The van der Waals surface area contributed by atoms with Crippen molar-refractivity contribution < 1.29 is 22.3 Å². The van der Waals surface area contributed by atoms with Crippen molar-refractivity contribution in [2.24, 2.45) is 0 Å². The Balaban J connectivity index is 0. The molecule has 5 heteroatoms. The van der Waals surface area contributed by atoms with Gasteiger partial charge in [0, 0.05) is 0 Å². The normalized spacial score (nSPS) is 6.86. The lowest BCUT2D eigenvalue weighted by Gasteiger charge is -1.69. The van der Waals surface area contributed by atoms with Gasteiger partial charge in [-0.1, -0.05) is 0 Å². The molecule has 0 nitrogen and oxygen atoms in total. The molecule has 7 heavy (non-hydrogen) atoms. The van der Waals surface area contributed by atoms with E-state index in [1.165, 1.54) is 0 Å². The van der Waals surface area contributed by atoms with E-state index < -0.39 is 12.2 Å². The third-order valence-corrected chi connectivity index (χ3v) is 0.143. The van der Waals surface area contributed by atoms with E-state index in [1.807, 2.05) is 0 Å². The first-order valence-corrected chi connectivity index (χ1v) is 1.01. The summed E-state index contributed by atoms with van der Waals surface area (Å²) >= 11 is 0. The van der Waals surface area contributed by atoms with Gasteiger partial charge in [0.15, 0.2) is 0 Å². The van der Waals surface area contributed by atoms with E-state index >= 15 is 0 Å². The zero-order chi connectivity index (χ0) is 5.15. The molecule has 0 radical (unpaired) electrons. The Morgan fingerprint density at radius 1 is 0.714 bits per heavy atom. The highest BCUT2D eigenvalue weighted by Crippen LogP contribution is 2.08. The zero-order valence-electron chi connectivity index (χ0n) is 2.92. The van der Waals surface area contributed by atoms with Gasteiger partial charge in [-0.15, -0.1) is 0 Å². The molecule has 0 aromatic rings. The Bertz CT molecular complexity index is 56.1. The predicted molar refractivity (Wildman–Crippen MR) is 14.0 cm³/mol. The van der Waals surface area contributed by atoms with Gasteiger partial charge >= 0.3 is 12.2 Å². The summed E-state index contributed by atoms with van der Waals surface area (Å²) in [5.41, 5.74) is 0. The lowest BCUT2D eigenvalue weighted by atomic mass is 11.1. The van der Waals surface area contributed by atoms with Gasteiger partial charge in [-0.3, -0.25) is 4.70 Å². The highest BCUT2D eigenvalue weighted by atomic mass is 19.3. The lowest BCUT2D eigenvalue weighted by Crippen LogP contribution is -1.56. The average molecular weight is 120 g/mol. The molecule has 0 bridgehead atoms. The molecular weight excluding hydrogens is 119 g/mol. The van der Waals surface area contributed by atoms with Gasteiger partial charge in [0.1, 0.15) is 0 Å². The molecule has 0 rings (SSSR count). The molecule has 0 saturated heterocycles. The first-order chi connectivity index (χ1) is 2.64. The molecule has 0 heterocycles. The van der Waals surface area contributed by atoms with Crippen LogP contribution in [0.2, 0.25) is 0 Å². The van der Waals surface area contributed by atoms with Crippen LogP contribution in [0.5, 0.6) is 0 Å². The van der Waals surface area contributed by atoms with E-state index in [0.717, 1.165) is 0 Å². The summed E-state index contributed by atoms with van der Waals surface area (Å²) in [6.45, 7) is 0. The number of rotatable bonds is 0. The van der Waals surface area contributed by atoms with E-state index in [0.29, 0.717) is 0 Å². The number of hydrogen-bond acceptors (Lipinski definition) is 0. The summed E-state index contributed by atoms with van der Waals surface area (Å²) in [5, 5.41) is 0. The maximum absolute atomic E-state index is 10.3. The minimum atomic E-state index is -2.91. The van der Waals surface area contributed by atoms with E-state index in [4.69, 9.17) is 0 Å². The van der Waals surface area contributed by atoms with Crippen molar-refractivity contribution >= 4 is 0 Å². The van der Waals surface area contributed by atoms with Crippen LogP contribution in [0.15, 0.2) is 12.2 Å². The molecule has 0 amide bonds. The average Bonchev–Trinajstić information content (AvgIpc) is 1.36. The van der Waals surface area contributed by atoms with E-state index in [-0.39, 0.29) is 4.70 Å². The minimum absolute atomic E-state index is 0. The minimum Gasteiger partial charge on any atom is -0.269 e. The Labute approximate surface area is 35.8 Å². The Morgan fingerprint density at radius 2 is 0.857 bits per heavy atom. The molecule has 0 N–H and O–H groups in total. The van der Waals surface area contributed by atoms with Crippen molar-refractivity contribution in [3.63, 3.8) is 0 Å². The van der Waals surface area contributed by atoms with Crippen LogP contribution < -0.4 is 0 Å². The van der Waals surface area contributed by atoms with Gasteiger partial charge in [0.05, 0.1) is 0 Å². The van der Waals surface area contributed by atoms with Crippen LogP contribution in [0.25, 0.3) is 0 Å². The molecule has 0 atom stereocenters. The monoisotopic (exact) mass is 120 g/mol. The molecule has 0 spiro atoms. The first-order valence-electron chi connectivity index (χ1n) is 1.01. The van der Waals surface area contributed by atoms with Crippen molar-refractivity contribution in [3.8, 4) is 0 Å². The van der Waals surface area contributed by atoms with Crippen LogP contribution in [0, 0.1) is 0 Å². The van der Waals surface area contributed by atoms with Gasteiger partial charge in [0.25, 0.3) is 0 Å². The maximum Gasteiger partial charge on any atom is 0.334 e. The Hall–Kier alpha value is -0.610. The lowest BCUT2D eigenvalue weighted by molar-refractivity contribution is 0.308. The molecule has 0 saturated carbocycles. The van der Waals surface area contributed by atoms with Gasteiger partial charge in [-0.25, -0.2) is 0 Å². The molecule has 0 aliphatic rings. The summed E-state index contributed by atoms with van der Waals surface area (Å²) in [7, 11) is 0. The fraction of sp³-hybridized carbons (Fsp3) is 0. The first kappa shape index (κ1) is 9.63. The van der Waals surface area contributed by atoms with Crippen molar-refractivity contribution in [1.82, 2.24) is 0 Å². The molecule has 0 aromatic heterocycles. The predicted octanol–water partition coefficient (Wildman–Crippen LogP) is 2.14. The maximum atomic E-state index is 10.3. The summed E-state index contributed by atoms with van der Waals surface area (Å²) in [5.74, 6) is 0. The van der Waals surface area contributed by atoms with Crippen LogP contribution in [0.4, 0.5) is 22.3 Å². The second kappa shape index (κ2) is 3.58. The molecule has 0 aliphatic heterocycles. The molecule has 0 aromatic carbocycles. The van der Waals surface area contributed by atoms with Gasteiger partial charge in [0.2, 0.25) is 0 Å². The molecule has 0 aliphatic carbocycles. The van der Waals surface area contributed by atoms with Crippen LogP contribution in [-0.4, -0.2) is 0 Å². The number of halogens is 5. The smallest absolute Gasteiger partial charge is 0.269 e. The van der Waals surface area contributed by atoms with Crippen LogP contribution >= 0.6 is 0 Å². The van der Waals surface area contributed by atoms with E-state index in [2.05, 4.69) is 0 Å². The van der Waals surface area contributed by atoms with E-state index in [9.17, 15) is 17.6 Å². The number of hydrogen-bond donors (Lipinski definition) is 0. The molecule has 44 valence electrons. The molecule has 0 fully saturated rings. The molecular formula is C2HF5. The third kappa shape index (κ3) is 5.39. The van der Waals surface area contributed by atoms with Gasteiger partial charge < -0.3 is 0 Å². The van der Waals surface area contributed by atoms with Crippen molar-refractivity contribution in [1.29, 1.82) is 0 Å². The van der Waals surface area contributed by atoms with Crippen LogP contribution in [0.1, 0.15) is 0 Å². The summed E-state index contributed by atoms with van der Waals surface area (Å²) in [6, 6.07) is 0. The fourth-order valence-corrected chi connectivity index (χ4v) is 0. The topological polar surface area (TPSA) is 0 Å². The highest BCUT2D eigenvalue weighted by molar-refractivity contribution is 4.77. The van der Waals surface area contributed by atoms with Crippen molar-refractivity contribution in [2.45, 2.75) is 0 Å². The van der Waals surface area contributed by atoms with Gasteiger partial charge in [-0.2, -0.15) is 17.6 Å². The summed E-state index contributed by atoms with van der Waals surface area (Å²) < 4.78 is 41.1. The third-order valence-electron chi connectivity index (χ3n) is 0.143. The largest absolute Gasteiger partial charge is 0.334 e. The Morgan fingerprint density at radius 3 is 0.857 bits per heavy atom. The van der Waals surface area contributed by atoms with Crippen LogP contribution in [-0.2, 0) is 0 Å². The second-order valence-corrected chi connectivity index (χ2v) is 0.521. The zero-order valence-corrected chi connectivity index (χ0v) is 2.92. The SMILES string of the molecule is F.FC(F)=C(F)F. The van der Waals surface area contributed by atoms with Crippen LogP contribution in [0.3, 0.4) is 0 Å². The molecule has 0 unspecified atom stereocenters. The van der Waals surface area contributed by atoms with Crippen molar-refractivity contribution in [3.05, 3.63) is 12.2 Å². The van der Waals surface area contributed by atoms with Crippen molar-refractivity contribution in [2.75, 3.05) is 0 Å². The van der Waals surface area contributed by atoms with E-state index in [1.54, 1.807) is 0 Å². The summed E-state index contributed by atoms with van der Waals surface area (Å²) in [6.07, 6.45) is -5.81.